The van der Waals surface area contributed by atoms with Gasteiger partial charge < -0.3 is 14.8 Å². The Balaban J connectivity index is 2.00. The summed E-state index contributed by atoms with van der Waals surface area (Å²) in [5.41, 5.74) is 0.624. The molecule has 1 aromatic carbocycles. The quantitative estimate of drug-likeness (QED) is 0.888. The molecule has 7 heteroatoms. The monoisotopic (exact) mass is 281 g/mol. The van der Waals surface area contributed by atoms with Crippen molar-refractivity contribution in [3.8, 4) is 11.5 Å². The van der Waals surface area contributed by atoms with Crippen molar-refractivity contribution in [1.29, 1.82) is 0 Å². The molecule has 2 N–H and O–H groups in total. The van der Waals surface area contributed by atoms with Crippen molar-refractivity contribution in [2.24, 2.45) is 4.99 Å². The van der Waals surface area contributed by atoms with Crippen LogP contribution in [0.5, 0.6) is 11.5 Å². The molecular formula is C12H15N3O3S. The molecule has 6 nitrogen and oxygen atoms in total. The Bertz CT molecular complexity index is 505. The predicted octanol–water partition coefficient (Wildman–Crippen LogP) is 1.93. The molecule has 1 aliphatic heterocycles. The van der Waals surface area contributed by atoms with Gasteiger partial charge in [0.05, 0.1) is 20.8 Å². The van der Waals surface area contributed by atoms with E-state index in [0.717, 1.165) is 12.3 Å². The maximum Gasteiger partial charge on any atom is 0.325 e. The van der Waals surface area contributed by atoms with E-state index in [1.807, 2.05) is 0 Å². The van der Waals surface area contributed by atoms with Gasteiger partial charge in [0.2, 0.25) is 0 Å². The van der Waals surface area contributed by atoms with E-state index in [1.54, 1.807) is 32.4 Å². The van der Waals surface area contributed by atoms with Crippen LogP contribution >= 0.6 is 11.8 Å². The summed E-state index contributed by atoms with van der Waals surface area (Å²) >= 11 is 1.53. The van der Waals surface area contributed by atoms with Crippen LogP contribution in [0.4, 0.5) is 10.5 Å². The lowest BCUT2D eigenvalue weighted by molar-refractivity contribution is 0.256. The zero-order chi connectivity index (χ0) is 13.7. The summed E-state index contributed by atoms with van der Waals surface area (Å²) in [6.07, 6.45) is 0. The van der Waals surface area contributed by atoms with Crippen molar-refractivity contribution in [2.45, 2.75) is 0 Å². The van der Waals surface area contributed by atoms with Crippen molar-refractivity contribution in [1.82, 2.24) is 5.32 Å². The molecule has 1 heterocycles. The fourth-order valence-corrected chi connectivity index (χ4v) is 2.31. The Labute approximate surface area is 115 Å². The molecule has 0 spiro atoms. The van der Waals surface area contributed by atoms with Crippen molar-refractivity contribution in [2.75, 3.05) is 31.8 Å². The first-order chi connectivity index (χ1) is 9.22. The number of amidine groups is 1. The van der Waals surface area contributed by atoms with Gasteiger partial charge >= 0.3 is 6.03 Å². The van der Waals surface area contributed by atoms with Gasteiger partial charge in [0.1, 0.15) is 0 Å². The number of nitrogens with zero attached hydrogens (tertiary/aromatic N) is 1. The highest BCUT2D eigenvalue weighted by molar-refractivity contribution is 8.14. The number of carbonyl (C=O) groups excluding carboxylic acids is 1. The van der Waals surface area contributed by atoms with Gasteiger partial charge in [-0.3, -0.25) is 10.3 Å². The molecule has 0 aliphatic carbocycles. The fourth-order valence-electron chi connectivity index (χ4n) is 1.58. The molecule has 0 radical (unpaired) electrons. The van der Waals surface area contributed by atoms with Crippen LogP contribution in [0.3, 0.4) is 0 Å². The molecule has 0 aromatic heterocycles. The predicted molar refractivity (Wildman–Crippen MR) is 76.5 cm³/mol. The summed E-state index contributed by atoms with van der Waals surface area (Å²) in [4.78, 5) is 15.9. The van der Waals surface area contributed by atoms with E-state index >= 15 is 0 Å². The summed E-state index contributed by atoms with van der Waals surface area (Å²) in [5.74, 6) is 2.09. The topological polar surface area (TPSA) is 72.0 Å². The second-order valence-electron chi connectivity index (χ2n) is 3.68. The molecule has 19 heavy (non-hydrogen) atoms. The van der Waals surface area contributed by atoms with Gasteiger partial charge in [-0.2, -0.15) is 0 Å². The normalized spacial score (nSPS) is 13.7. The fraction of sp³-hybridized carbons (Fsp3) is 0.333. The number of benzene rings is 1. The summed E-state index contributed by atoms with van der Waals surface area (Å²) in [6.45, 7) is 0.747. The van der Waals surface area contributed by atoms with Crippen LogP contribution in [0.2, 0.25) is 0 Å². The second-order valence-corrected chi connectivity index (χ2v) is 4.77. The Kier molecular flexibility index (Phi) is 4.51. The number of ether oxygens (including phenoxy) is 2. The second kappa shape index (κ2) is 6.33. The van der Waals surface area contributed by atoms with Gasteiger partial charge in [-0.1, -0.05) is 11.8 Å². The number of rotatable bonds is 3. The smallest absolute Gasteiger partial charge is 0.325 e. The van der Waals surface area contributed by atoms with Crippen LogP contribution in [-0.2, 0) is 0 Å². The van der Waals surface area contributed by atoms with E-state index in [9.17, 15) is 4.79 Å². The average Bonchev–Trinajstić information content (AvgIpc) is 2.91. The number of hydrogen-bond acceptors (Lipinski definition) is 5. The van der Waals surface area contributed by atoms with Crippen LogP contribution in [0.25, 0.3) is 0 Å². The van der Waals surface area contributed by atoms with E-state index in [4.69, 9.17) is 9.47 Å². The van der Waals surface area contributed by atoms with Crippen molar-refractivity contribution < 1.29 is 14.3 Å². The van der Waals surface area contributed by atoms with E-state index in [0.29, 0.717) is 22.4 Å². The maximum atomic E-state index is 11.7. The third kappa shape index (κ3) is 3.54. The molecule has 1 aliphatic rings. The Morgan fingerprint density at radius 1 is 1.26 bits per heavy atom. The summed E-state index contributed by atoms with van der Waals surface area (Å²) < 4.78 is 10.3. The average molecular weight is 281 g/mol. The third-order valence-electron chi connectivity index (χ3n) is 2.45. The largest absolute Gasteiger partial charge is 0.493 e. The zero-order valence-corrected chi connectivity index (χ0v) is 11.5. The van der Waals surface area contributed by atoms with Gasteiger partial charge in [-0.25, -0.2) is 4.79 Å². The van der Waals surface area contributed by atoms with Gasteiger partial charge in [0.25, 0.3) is 0 Å². The minimum absolute atomic E-state index is 0.319. The SMILES string of the molecule is COc1ccc(NC(=O)NC2=NCCS2)cc1OC. The highest BCUT2D eigenvalue weighted by Crippen LogP contribution is 2.29. The molecule has 2 amide bonds. The van der Waals surface area contributed by atoms with Crippen LogP contribution in [0, 0.1) is 0 Å². The molecule has 0 saturated carbocycles. The van der Waals surface area contributed by atoms with Crippen molar-refractivity contribution in [3.05, 3.63) is 18.2 Å². The standard InChI is InChI=1S/C12H15N3O3S/c1-17-9-4-3-8(7-10(9)18-2)14-11(16)15-12-13-5-6-19-12/h3-4,7H,5-6H2,1-2H3,(H2,13,14,15,16). The molecule has 2 rings (SSSR count). The minimum atomic E-state index is -0.319. The first-order valence-electron chi connectivity index (χ1n) is 5.70. The first-order valence-corrected chi connectivity index (χ1v) is 6.69. The van der Waals surface area contributed by atoms with Crippen LogP contribution in [-0.4, -0.2) is 37.7 Å². The molecule has 0 atom stereocenters. The number of aliphatic imine (C=N–C) groups is 1. The highest BCUT2D eigenvalue weighted by atomic mass is 32.2. The first kappa shape index (κ1) is 13.5. The van der Waals surface area contributed by atoms with E-state index < -0.39 is 0 Å². The number of hydrogen-bond donors (Lipinski definition) is 2. The van der Waals surface area contributed by atoms with E-state index in [2.05, 4.69) is 15.6 Å². The zero-order valence-electron chi connectivity index (χ0n) is 10.7. The van der Waals surface area contributed by atoms with Crippen LogP contribution in [0.15, 0.2) is 23.2 Å². The number of urea groups is 1. The number of nitrogens with one attached hydrogen (secondary N) is 2. The van der Waals surface area contributed by atoms with Crippen LogP contribution < -0.4 is 20.1 Å². The Morgan fingerprint density at radius 2 is 2.05 bits per heavy atom. The summed E-state index contributed by atoms with van der Waals surface area (Å²) in [6, 6.07) is 4.85. The molecule has 0 bridgehead atoms. The Hall–Kier alpha value is -1.89. The van der Waals surface area contributed by atoms with Gasteiger partial charge in [0, 0.05) is 17.5 Å². The third-order valence-corrected chi connectivity index (χ3v) is 3.34. The van der Waals surface area contributed by atoms with Crippen molar-refractivity contribution in [3.63, 3.8) is 0 Å². The lowest BCUT2D eigenvalue weighted by Crippen LogP contribution is -2.31. The van der Waals surface area contributed by atoms with Crippen LogP contribution in [0.1, 0.15) is 0 Å². The van der Waals surface area contributed by atoms with E-state index in [1.165, 1.54) is 11.8 Å². The molecule has 0 fully saturated rings. The lowest BCUT2D eigenvalue weighted by Gasteiger charge is -2.11. The number of carbonyl (C=O) groups is 1. The summed E-state index contributed by atoms with van der Waals surface area (Å²) in [7, 11) is 3.11. The molecule has 1 aromatic rings. The molecule has 0 unspecified atom stereocenters. The molecule has 102 valence electrons. The summed E-state index contributed by atoms with van der Waals surface area (Å²) in [5, 5.41) is 6.05. The number of thioether (sulfide) groups is 1. The Morgan fingerprint density at radius 3 is 2.68 bits per heavy atom. The number of methoxy groups -OCH3 is 2. The van der Waals surface area contributed by atoms with Gasteiger partial charge in [-0.05, 0) is 12.1 Å². The number of anilines is 1. The highest BCUT2D eigenvalue weighted by Gasteiger charge is 2.11. The lowest BCUT2D eigenvalue weighted by atomic mass is 10.3. The molecular weight excluding hydrogens is 266 g/mol. The molecule has 0 saturated heterocycles. The van der Waals surface area contributed by atoms with E-state index in [-0.39, 0.29) is 6.03 Å². The minimum Gasteiger partial charge on any atom is -0.493 e. The van der Waals surface area contributed by atoms with Gasteiger partial charge in [-0.15, -0.1) is 0 Å². The van der Waals surface area contributed by atoms with Gasteiger partial charge in [0.15, 0.2) is 16.7 Å². The van der Waals surface area contributed by atoms with Crippen molar-refractivity contribution >= 4 is 28.6 Å². The number of amides is 2. The maximum absolute atomic E-state index is 11.7.